The summed E-state index contributed by atoms with van der Waals surface area (Å²) < 4.78 is 10.0. The van der Waals surface area contributed by atoms with Gasteiger partial charge in [-0.2, -0.15) is 0 Å². The summed E-state index contributed by atoms with van der Waals surface area (Å²) in [6.45, 7) is 5.83. The number of hydrogen-bond acceptors (Lipinski definition) is 7. The van der Waals surface area contributed by atoms with E-state index in [1.54, 1.807) is 6.92 Å². The van der Waals surface area contributed by atoms with Gasteiger partial charge in [0.15, 0.2) is 5.78 Å². The Morgan fingerprint density at radius 1 is 1.29 bits per heavy atom. The van der Waals surface area contributed by atoms with Crippen molar-refractivity contribution in [2.75, 3.05) is 26.9 Å². The van der Waals surface area contributed by atoms with Crippen LogP contribution >= 0.6 is 0 Å². The Hall–Kier alpha value is -1.55. The maximum atomic E-state index is 12.4. The molecule has 1 saturated heterocycles. The van der Waals surface area contributed by atoms with E-state index in [1.165, 1.54) is 7.11 Å². The van der Waals surface area contributed by atoms with Crippen LogP contribution in [0.1, 0.15) is 27.2 Å². The fourth-order valence-corrected chi connectivity index (χ4v) is 2.22. The minimum absolute atomic E-state index is 0.0775. The summed E-state index contributed by atoms with van der Waals surface area (Å²) in [7, 11) is 1.44. The summed E-state index contributed by atoms with van der Waals surface area (Å²) in [6.07, 6.45) is 0.508. The summed E-state index contributed by atoms with van der Waals surface area (Å²) in [5, 5.41) is 5.13. The number of methoxy groups -OCH3 is 1. The number of ketones is 1. The zero-order valence-electron chi connectivity index (χ0n) is 14.7. The van der Waals surface area contributed by atoms with Crippen LogP contribution in [0.4, 0.5) is 0 Å². The van der Waals surface area contributed by atoms with Gasteiger partial charge in [0.25, 0.3) is 0 Å². The molecule has 138 valence electrons. The third-order valence-electron chi connectivity index (χ3n) is 3.73. The smallest absolute Gasteiger partial charge is 0.241 e. The second kappa shape index (κ2) is 9.07. The van der Waals surface area contributed by atoms with Crippen molar-refractivity contribution in [2.45, 2.75) is 44.9 Å². The van der Waals surface area contributed by atoms with Crippen LogP contribution in [0.3, 0.4) is 0 Å². The molecular weight excluding hydrogens is 316 g/mol. The summed E-state index contributed by atoms with van der Waals surface area (Å²) in [5.41, 5.74) is 1.50. The van der Waals surface area contributed by atoms with Gasteiger partial charge in [0.1, 0.15) is 11.6 Å². The predicted octanol–water partition coefficient (Wildman–Crippen LogP) is -1.53. The first-order chi connectivity index (χ1) is 11.2. The van der Waals surface area contributed by atoms with Crippen molar-refractivity contribution in [1.29, 1.82) is 0 Å². The molecule has 0 saturated carbocycles. The minimum Gasteiger partial charge on any atom is -0.382 e. The van der Waals surface area contributed by atoms with Crippen LogP contribution in [0.5, 0.6) is 0 Å². The number of epoxide rings is 1. The predicted molar refractivity (Wildman–Crippen MR) is 86.7 cm³/mol. The quantitative estimate of drug-likeness (QED) is 0.203. The van der Waals surface area contributed by atoms with E-state index in [2.05, 4.69) is 16.1 Å². The number of rotatable bonds is 11. The second-order valence-corrected chi connectivity index (χ2v) is 6.53. The molecule has 0 aromatic carbocycles. The number of nitrogens with one attached hydrogen (secondary N) is 3. The van der Waals surface area contributed by atoms with Crippen molar-refractivity contribution >= 4 is 17.6 Å². The number of carbonyl (C=O) groups excluding carboxylic acids is 3. The van der Waals surface area contributed by atoms with E-state index in [-0.39, 0.29) is 24.9 Å². The maximum Gasteiger partial charge on any atom is 0.241 e. The van der Waals surface area contributed by atoms with E-state index in [9.17, 15) is 14.4 Å². The van der Waals surface area contributed by atoms with Gasteiger partial charge in [-0.25, -0.2) is 5.43 Å². The summed E-state index contributed by atoms with van der Waals surface area (Å²) in [5.74, 6) is 4.43. The van der Waals surface area contributed by atoms with Crippen LogP contribution in [-0.2, 0) is 23.9 Å². The van der Waals surface area contributed by atoms with Gasteiger partial charge in [0, 0.05) is 7.11 Å². The van der Waals surface area contributed by atoms with Gasteiger partial charge >= 0.3 is 0 Å². The molecule has 0 bridgehead atoms. The standard InChI is InChI=1S/C15H28N4O5/c1-9(2)5-10(13(21)15(3)8-24-15)18-12(20)6-17-14(22)11(19-16)7-23-4/h9-11,19H,5-8,16H2,1-4H3,(H,17,22)(H,18,20)/t10-,11?,15?/m0/s1. The summed E-state index contributed by atoms with van der Waals surface area (Å²) in [6, 6.07) is -1.39. The number of carbonyl (C=O) groups is 3. The Morgan fingerprint density at radius 3 is 2.38 bits per heavy atom. The number of hydrogen-bond donors (Lipinski definition) is 4. The van der Waals surface area contributed by atoms with Crippen molar-refractivity contribution in [1.82, 2.24) is 16.1 Å². The average Bonchev–Trinajstić information content (AvgIpc) is 3.27. The van der Waals surface area contributed by atoms with Crippen molar-refractivity contribution in [3.8, 4) is 0 Å². The molecule has 1 aliphatic heterocycles. The van der Waals surface area contributed by atoms with Crippen molar-refractivity contribution in [3.05, 3.63) is 0 Å². The van der Waals surface area contributed by atoms with E-state index in [4.69, 9.17) is 15.3 Å². The number of ether oxygens (including phenoxy) is 2. The largest absolute Gasteiger partial charge is 0.382 e. The van der Waals surface area contributed by atoms with Crippen LogP contribution in [0, 0.1) is 5.92 Å². The molecule has 0 aliphatic carbocycles. The SMILES string of the molecule is COCC(NN)C(=O)NCC(=O)N[C@@H](CC(C)C)C(=O)C1(C)CO1. The first-order valence-electron chi connectivity index (χ1n) is 7.94. The van der Waals surface area contributed by atoms with E-state index in [1.807, 2.05) is 13.8 Å². The molecular formula is C15H28N4O5. The van der Waals surface area contributed by atoms with Crippen LogP contribution < -0.4 is 21.9 Å². The Balaban J connectivity index is 2.52. The molecule has 3 atom stereocenters. The molecule has 9 heteroatoms. The number of nitrogens with two attached hydrogens (primary N) is 1. The molecule has 1 rings (SSSR count). The molecule has 2 amide bonds. The molecule has 5 N–H and O–H groups in total. The number of Topliss-reactive ketones (excluding diaryl/α,β-unsaturated/α-hetero) is 1. The van der Waals surface area contributed by atoms with Crippen LogP contribution in [0.2, 0.25) is 0 Å². The lowest BCUT2D eigenvalue weighted by Crippen LogP contribution is -2.53. The fraction of sp³-hybridized carbons (Fsp3) is 0.800. The molecule has 1 fully saturated rings. The molecule has 0 aromatic rings. The first kappa shape index (κ1) is 20.5. The molecule has 0 radical (unpaired) electrons. The molecule has 0 spiro atoms. The van der Waals surface area contributed by atoms with E-state index < -0.39 is 29.5 Å². The van der Waals surface area contributed by atoms with Crippen LogP contribution in [-0.4, -0.2) is 62.2 Å². The van der Waals surface area contributed by atoms with Crippen molar-refractivity contribution < 1.29 is 23.9 Å². The molecule has 2 unspecified atom stereocenters. The maximum absolute atomic E-state index is 12.4. The average molecular weight is 344 g/mol. The Bertz CT molecular complexity index is 465. The second-order valence-electron chi connectivity index (χ2n) is 6.53. The zero-order chi connectivity index (χ0) is 18.3. The topological polar surface area (TPSA) is 135 Å². The molecule has 1 aliphatic rings. The van der Waals surface area contributed by atoms with Crippen LogP contribution in [0.15, 0.2) is 0 Å². The van der Waals surface area contributed by atoms with Gasteiger partial charge < -0.3 is 20.1 Å². The highest BCUT2D eigenvalue weighted by molar-refractivity contribution is 5.97. The Kier molecular flexibility index (Phi) is 7.74. The highest BCUT2D eigenvalue weighted by Gasteiger charge is 2.50. The first-order valence-corrected chi connectivity index (χ1v) is 7.94. The van der Waals surface area contributed by atoms with Gasteiger partial charge in [-0.05, 0) is 19.3 Å². The lowest BCUT2D eigenvalue weighted by molar-refractivity contribution is -0.131. The lowest BCUT2D eigenvalue weighted by atomic mass is 9.93. The lowest BCUT2D eigenvalue weighted by Gasteiger charge is -2.21. The summed E-state index contributed by atoms with van der Waals surface area (Å²) in [4.78, 5) is 36.3. The van der Waals surface area contributed by atoms with Gasteiger partial charge in [0.05, 0.1) is 25.8 Å². The molecule has 0 aromatic heterocycles. The van der Waals surface area contributed by atoms with Gasteiger partial charge in [0.2, 0.25) is 11.8 Å². The van der Waals surface area contributed by atoms with Gasteiger partial charge in [-0.15, -0.1) is 0 Å². The van der Waals surface area contributed by atoms with E-state index in [0.29, 0.717) is 13.0 Å². The molecule has 1 heterocycles. The Morgan fingerprint density at radius 2 is 1.92 bits per heavy atom. The fourth-order valence-electron chi connectivity index (χ4n) is 2.22. The molecule has 9 nitrogen and oxygen atoms in total. The Labute approximate surface area is 142 Å². The van der Waals surface area contributed by atoms with Crippen molar-refractivity contribution in [3.63, 3.8) is 0 Å². The third kappa shape index (κ3) is 6.16. The highest BCUT2D eigenvalue weighted by Crippen LogP contribution is 2.29. The minimum atomic E-state index is -0.802. The van der Waals surface area contributed by atoms with Crippen molar-refractivity contribution in [2.24, 2.45) is 11.8 Å². The van der Waals surface area contributed by atoms with E-state index >= 15 is 0 Å². The summed E-state index contributed by atoms with van der Waals surface area (Å²) >= 11 is 0. The van der Waals surface area contributed by atoms with Crippen LogP contribution in [0.25, 0.3) is 0 Å². The van der Waals surface area contributed by atoms with Gasteiger partial charge in [-0.1, -0.05) is 13.8 Å². The highest BCUT2D eigenvalue weighted by atomic mass is 16.6. The number of amides is 2. The molecule has 24 heavy (non-hydrogen) atoms. The number of hydrazine groups is 1. The van der Waals surface area contributed by atoms with Gasteiger partial charge in [-0.3, -0.25) is 20.2 Å². The monoisotopic (exact) mass is 344 g/mol. The zero-order valence-corrected chi connectivity index (χ0v) is 14.7. The van der Waals surface area contributed by atoms with E-state index in [0.717, 1.165) is 0 Å². The normalized spacial score (nSPS) is 21.9. The third-order valence-corrected chi connectivity index (χ3v) is 3.73.